The molecule has 0 aliphatic rings. The van der Waals surface area contributed by atoms with Crippen LogP contribution >= 0.6 is 0 Å². The van der Waals surface area contributed by atoms with E-state index in [2.05, 4.69) is 217 Å². The van der Waals surface area contributed by atoms with Crippen LogP contribution in [0.3, 0.4) is 0 Å². The molecule has 0 aliphatic heterocycles. The Kier molecular flexibility index (Phi) is 8.91. The van der Waals surface area contributed by atoms with Crippen LogP contribution in [0.2, 0.25) is 0 Å². The zero-order valence-electron chi connectivity index (χ0n) is 31.3. The van der Waals surface area contributed by atoms with Gasteiger partial charge in [-0.15, -0.1) is 0 Å². The second-order valence-electron chi connectivity index (χ2n) is 14.4. The van der Waals surface area contributed by atoms with Crippen molar-refractivity contribution >= 4 is 38.7 Å². The monoisotopic (exact) mass is 726 g/mol. The van der Waals surface area contributed by atoms with Crippen molar-refractivity contribution in [2.24, 2.45) is 0 Å². The van der Waals surface area contributed by atoms with Gasteiger partial charge < -0.3 is 0 Å². The Hall–Kier alpha value is -7.55. The number of rotatable bonds is 8. The Morgan fingerprint density at radius 2 is 0.614 bits per heavy atom. The number of hydrogen-bond acceptors (Lipinski definition) is 2. The molecule has 10 rings (SSSR count). The quantitative estimate of drug-likeness (QED) is 0.145. The van der Waals surface area contributed by atoms with E-state index in [0.29, 0.717) is 0 Å². The highest BCUT2D eigenvalue weighted by Crippen LogP contribution is 2.46. The van der Waals surface area contributed by atoms with E-state index in [0.717, 1.165) is 17.2 Å². The zero-order chi connectivity index (χ0) is 38.0. The molecule has 0 N–H and O–H groups in total. The molecule has 0 unspecified atom stereocenters. The van der Waals surface area contributed by atoms with E-state index in [9.17, 15) is 0 Å². The molecular weight excluding hydrogens is 689 g/mol. The van der Waals surface area contributed by atoms with Crippen LogP contribution in [-0.4, -0.2) is 4.98 Å². The van der Waals surface area contributed by atoms with Crippen molar-refractivity contribution in [1.82, 2.24) is 4.98 Å². The minimum atomic E-state index is 0.866. The molecular formula is C55H38N2. The van der Waals surface area contributed by atoms with Gasteiger partial charge in [0.05, 0.1) is 0 Å². The van der Waals surface area contributed by atoms with E-state index >= 15 is 0 Å². The first-order chi connectivity index (χ1) is 28.3. The van der Waals surface area contributed by atoms with Crippen LogP contribution in [0, 0.1) is 0 Å². The van der Waals surface area contributed by atoms with Gasteiger partial charge in [-0.25, -0.2) is 4.98 Å². The van der Waals surface area contributed by atoms with Crippen LogP contribution in [0.4, 0.5) is 17.2 Å². The van der Waals surface area contributed by atoms with E-state index in [4.69, 9.17) is 4.98 Å². The molecule has 0 atom stereocenters. The van der Waals surface area contributed by atoms with Crippen molar-refractivity contribution in [2.75, 3.05) is 4.90 Å². The van der Waals surface area contributed by atoms with E-state index in [1.807, 2.05) is 18.3 Å². The Bertz CT molecular complexity index is 2840. The first-order valence-electron chi connectivity index (χ1n) is 19.5. The highest BCUT2D eigenvalue weighted by molar-refractivity contribution is 6.21. The third-order valence-electron chi connectivity index (χ3n) is 10.9. The lowest BCUT2D eigenvalue weighted by Gasteiger charge is -2.25. The summed E-state index contributed by atoms with van der Waals surface area (Å²) in [4.78, 5) is 7.01. The Labute approximate surface area is 333 Å². The number of fused-ring (bicyclic) bond motifs is 2. The van der Waals surface area contributed by atoms with Gasteiger partial charge in [-0.2, -0.15) is 0 Å². The Morgan fingerprint density at radius 1 is 0.263 bits per heavy atom. The molecule has 2 heteroatoms. The summed E-state index contributed by atoms with van der Waals surface area (Å²) in [5.41, 5.74) is 14.1. The van der Waals surface area contributed by atoms with Crippen molar-refractivity contribution in [3.63, 3.8) is 0 Å². The number of nitrogens with zero attached hydrogens (tertiary/aromatic N) is 2. The fourth-order valence-electron chi connectivity index (χ4n) is 8.23. The SMILES string of the molecule is c1ccc(-c2ccc(N(c3ccc(-c4c5ccccc5c(-c5cc(-c6ccccc6)cc(-c6ccccc6)c5)c5ccccc45)cc3)c3ccccn3)cc2)cc1. The summed E-state index contributed by atoms with van der Waals surface area (Å²) in [5, 5.41) is 4.91. The maximum absolute atomic E-state index is 4.79. The third kappa shape index (κ3) is 6.54. The lowest BCUT2D eigenvalue weighted by molar-refractivity contribution is 1.18. The van der Waals surface area contributed by atoms with E-state index < -0.39 is 0 Å². The van der Waals surface area contributed by atoms with Crippen LogP contribution in [0.15, 0.2) is 231 Å². The van der Waals surface area contributed by atoms with Crippen LogP contribution in [0.25, 0.3) is 77.2 Å². The van der Waals surface area contributed by atoms with Crippen molar-refractivity contribution in [3.8, 4) is 55.6 Å². The van der Waals surface area contributed by atoms with Gasteiger partial charge in [0.15, 0.2) is 0 Å². The van der Waals surface area contributed by atoms with Gasteiger partial charge in [0.2, 0.25) is 0 Å². The molecule has 9 aromatic carbocycles. The molecule has 0 saturated heterocycles. The summed E-state index contributed by atoms with van der Waals surface area (Å²) in [7, 11) is 0. The number of anilines is 3. The molecule has 1 aromatic heterocycles. The maximum atomic E-state index is 4.79. The van der Waals surface area contributed by atoms with Crippen molar-refractivity contribution in [2.45, 2.75) is 0 Å². The van der Waals surface area contributed by atoms with Gasteiger partial charge in [-0.05, 0) is 132 Å². The third-order valence-corrected chi connectivity index (χ3v) is 10.9. The summed E-state index contributed by atoms with van der Waals surface area (Å²) < 4.78 is 0. The summed E-state index contributed by atoms with van der Waals surface area (Å²) in [6.45, 7) is 0. The largest absolute Gasteiger partial charge is 0.295 e. The molecule has 0 radical (unpaired) electrons. The van der Waals surface area contributed by atoms with Gasteiger partial charge in [0.1, 0.15) is 5.82 Å². The molecule has 268 valence electrons. The normalized spacial score (nSPS) is 11.2. The first-order valence-corrected chi connectivity index (χ1v) is 19.5. The van der Waals surface area contributed by atoms with Crippen molar-refractivity contribution in [1.29, 1.82) is 0 Å². The molecule has 0 spiro atoms. The standard InChI is InChI=1S/C55H38N2/c1-4-16-39(17-5-1)42-27-31-47(32-28-42)57(53-26-14-15-35-56-53)48-33-29-43(30-34-48)54-49-22-10-12-24-51(49)55(52-25-13-11-23-50(52)54)46-37-44(40-18-6-2-7-19-40)36-45(38-46)41-20-8-3-9-21-41/h1-38H. The number of hydrogen-bond donors (Lipinski definition) is 0. The van der Waals surface area contributed by atoms with Crippen LogP contribution in [-0.2, 0) is 0 Å². The average Bonchev–Trinajstić information content (AvgIpc) is 3.30. The minimum absolute atomic E-state index is 0.866. The van der Waals surface area contributed by atoms with E-state index in [1.165, 1.54) is 77.2 Å². The molecule has 0 fully saturated rings. The summed E-state index contributed by atoms with van der Waals surface area (Å²) in [6, 6.07) is 80.6. The fourth-order valence-corrected chi connectivity index (χ4v) is 8.23. The molecule has 0 aliphatic carbocycles. The van der Waals surface area contributed by atoms with Crippen molar-refractivity contribution < 1.29 is 0 Å². The number of aromatic nitrogens is 1. The summed E-state index contributed by atoms with van der Waals surface area (Å²) >= 11 is 0. The summed E-state index contributed by atoms with van der Waals surface area (Å²) in [5.74, 6) is 0.866. The molecule has 10 aromatic rings. The number of pyridine rings is 1. The second-order valence-corrected chi connectivity index (χ2v) is 14.4. The average molecular weight is 727 g/mol. The van der Waals surface area contributed by atoms with Crippen LogP contribution in [0.1, 0.15) is 0 Å². The van der Waals surface area contributed by atoms with Gasteiger partial charge in [0, 0.05) is 17.6 Å². The van der Waals surface area contributed by atoms with Crippen LogP contribution in [0.5, 0.6) is 0 Å². The lowest BCUT2D eigenvalue weighted by Crippen LogP contribution is -2.11. The van der Waals surface area contributed by atoms with Gasteiger partial charge in [0.25, 0.3) is 0 Å². The van der Waals surface area contributed by atoms with Gasteiger partial charge in [-0.1, -0.05) is 170 Å². The molecule has 1 heterocycles. The van der Waals surface area contributed by atoms with Gasteiger partial charge >= 0.3 is 0 Å². The predicted octanol–water partition coefficient (Wildman–Crippen LogP) is 15.2. The minimum Gasteiger partial charge on any atom is -0.295 e. The number of benzene rings is 9. The maximum Gasteiger partial charge on any atom is 0.137 e. The zero-order valence-corrected chi connectivity index (χ0v) is 31.3. The lowest BCUT2D eigenvalue weighted by atomic mass is 9.84. The van der Waals surface area contributed by atoms with E-state index in [-0.39, 0.29) is 0 Å². The first kappa shape index (κ1) is 34.0. The molecule has 0 saturated carbocycles. The topological polar surface area (TPSA) is 16.1 Å². The second kappa shape index (κ2) is 14.9. The predicted molar refractivity (Wildman–Crippen MR) is 241 cm³/mol. The molecule has 2 nitrogen and oxygen atoms in total. The smallest absolute Gasteiger partial charge is 0.137 e. The molecule has 0 amide bonds. The van der Waals surface area contributed by atoms with Crippen LogP contribution < -0.4 is 4.90 Å². The van der Waals surface area contributed by atoms with E-state index in [1.54, 1.807) is 0 Å². The van der Waals surface area contributed by atoms with Crippen molar-refractivity contribution in [3.05, 3.63) is 231 Å². The Balaban J connectivity index is 1.12. The van der Waals surface area contributed by atoms with Gasteiger partial charge in [-0.3, -0.25) is 4.90 Å². The molecule has 57 heavy (non-hydrogen) atoms. The summed E-state index contributed by atoms with van der Waals surface area (Å²) in [6.07, 6.45) is 1.85. The highest BCUT2D eigenvalue weighted by atomic mass is 15.2. The Morgan fingerprint density at radius 3 is 1.05 bits per heavy atom. The molecule has 0 bridgehead atoms. The highest BCUT2D eigenvalue weighted by Gasteiger charge is 2.19. The fraction of sp³-hybridized carbons (Fsp3) is 0.